The van der Waals surface area contributed by atoms with E-state index >= 15 is 0 Å². The number of benzene rings is 1. The van der Waals surface area contributed by atoms with Gasteiger partial charge >= 0.3 is 7.12 Å². The van der Waals surface area contributed by atoms with Crippen LogP contribution < -0.4 is 11.2 Å². The lowest BCUT2D eigenvalue weighted by atomic mass is 9.76. The Bertz CT molecular complexity index is 810. The summed E-state index contributed by atoms with van der Waals surface area (Å²) in [7, 11) is -0.420. The fourth-order valence-electron chi connectivity index (χ4n) is 2.71. The van der Waals surface area contributed by atoms with Gasteiger partial charge in [0.1, 0.15) is 5.03 Å². The van der Waals surface area contributed by atoms with Gasteiger partial charge in [-0.05, 0) is 50.9 Å². The summed E-state index contributed by atoms with van der Waals surface area (Å²) < 4.78 is 12.4. The lowest BCUT2D eigenvalue weighted by molar-refractivity contribution is 0.00578. The minimum Gasteiger partial charge on any atom is -0.399 e. The van der Waals surface area contributed by atoms with Gasteiger partial charge in [0.2, 0.25) is 0 Å². The molecule has 1 fully saturated rings. The first-order valence-electron chi connectivity index (χ1n) is 8.52. The Labute approximate surface area is 158 Å². The normalized spacial score (nSPS) is 18.1. The predicted molar refractivity (Wildman–Crippen MR) is 104 cm³/mol. The fourth-order valence-corrected chi connectivity index (χ4v) is 3.72. The van der Waals surface area contributed by atoms with E-state index in [4.69, 9.17) is 15.0 Å². The minimum atomic E-state index is -0.472. The third kappa shape index (κ3) is 3.65. The van der Waals surface area contributed by atoms with Gasteiger partial charge in [0.25, 0.3) is 5.91 Å². The quantitative estimate of drug-likeness (QED) is 0.647. The summed E-state index contributed by atoms with van der Waals surface area (Å²) in [6.45, 7) is 8.16. The van der Waals surface area contributed by atoms with Gasteiger partial charge in [0.15, 0.2) is 0 Å². The molecule has 7 heteroatoms. The highest BCUT2D eigenvalue weighted by Crippen LogP contribution is 2.37. The zero-order valence-electron chi connectivity index (χ0n) is 15.5. The molecule has 136 valence electrons. The van der Waals surface area contributed by atoms with Crippen LogP contribution in [0.2, 0.25) is 0 Å². The first-order valence-corrected chi connectivity index (χ1v) is 9.51. The standard InChI is InChI=1S/C19H23BN2O3S/c1-18(2)19(3,4)25-20(24-18)15-10-6-5-8-13(15)12-26-17-14(16(21)23)9-7-11-22-17/h5-11H,12H2,1-4H3,(H2,21,23). The Morgan fingerprint density at radius 2 is 1.77 bits per heavy atom. The van der Waals surface area contributed by atoms with Crippen LogP contribution in [-0.2, 0) is 15.1 Å². The number of nitrogens with two attached hydrogens (primary N) is 1. The highest BCUT2D eigenvalue weighted by Gasteiger charge is 2.52. The maximum absolute atomic E-state index is 11.6. The lowest BCUT2D eigenvalue weighted by Gasteiger charge is -2.32. The average Bonchev–Trinajstić information content (AvgIpc) is 2.81. The van der Waals surface area contributed by atoms with Gasteiger partial charge in [-0.15, -0.1) is 11.8 Å². The number of primary amides is 1. The number of carbonyl (C=O) groups is 1. The molecule has 0 unspecified atom stereocenters. The first-order chi connectivity index (χ1) is 12.2. The van der Waals surface area contributed by atoms with E-state index in [1.807, 2.05) is 52.0 Å². The second-order valence-corrected chi connectivity index (χ2v) is 8.26. The summed E-state index contributed by atoms with van der Waals surface area (Å²) in [4.78, 5) is 15.9. The molecule has 0 aliphatic carbocycles. The van der Waals surface area contributed by atoms with Crippen LogP contribution in [0.15, 0.2) is 47.6 Å². The van der Waals surface area contributed by atoms with Crippen LogP contribution in [0.1, 0.15) is 43.6 Å². The zero-order chi connectivity index (χ0) is 18.9. The van der Waals surface area contributed by atoms with Crippen molar-refractivity contribution < 1.29 is 14.1 Å². The summed E-state index contributed by atoms with van der Waals surface area (Å²) in [5, 5.41) is 0.628. The molecule has 0 spiro atoms. The largest absolute Gasteiger partial charge is 0.495 e. The molecule has 2 aromatic rings. The molecule has 1 aromatic heterocycles. The smallest absolute Gasteiger partial charge is 0.399 e. The highest BCUT2D eigenvalue weighted by molar-refractivity contribution is 7.98. The third-order valence-electron chi connectivity index (χ3n) is 4.96. The van der Waals surface area contributed by atoms with Gasteiger partial charge in [-0.3, -0.25) is 4.79 Å². The second kappa shape index (κ2) is 7.06. The molecular weight excluding hydrogens is 347 g/mol. The van der Waals surface area contributed by atoms with Crippen molar-refractivity contribution in [1.82, 2.24) is 4.98 Å². The number of hydrogen-bond donors (Lipinski definition) is 1. The van der Waals surface area contributed by atoms with Crippen molar-refractivity contribution >= 4 is 30.3 Å². The molecule has 3 rings (SSSR count). The Hall–Kier alpha value is -1.83. The number of carbonyl (C=O) groups excluding carboxylic acids is 1. The van der Waals surface area contributed by atoms with E-state index in [0.717, 1.165) is 11.0 Å². The Kier molecular flexibility index (Phi) is 5.15. The van der Waals surface area contributed by atoms with Gasteiger partial charge in [-0.25, -0.2) is 4.98 Å². The molecule has 1 amide bonds. The minimum absolute atomic E-state index is 0.391. The van der Waals surface area contributed by atoms with Gasteiger partial charge in [0, 0.05) is 11.9 Å². The third-order valence-corrected chi connectivity index (χ3v) is 6.02. The number of pyridine rings is 1. The maximum atomic E-state index is 11.6. The second-order valence-electron chi connectivity index (χ2n) is 7.30. The van der Waals surface area contributed by atoms with E-state index in [2.05, 4.69) is 4.98 Å². The topological polar surface area (TPSA) is 74.4 Å². The molecule has 2 heterocycles. The number of aromatic nitrogens is 1. The van der Waals surface area contributed by atoms with Gasteiger partial charge in [-0.1, -0.05) is 24.3 Å². The Balaban J connectivity index is 1.83. The predicted octanol–water partition coefficient (Wildman–Crippen LogP) is 2.77. The van der Waals surface area contributed by atoms with Crippen LogP contribution in [0.4, 0.5) is 0 Å². The van der Waals surface area contributed by atoms with E-state index in [1.165, 1.54) is 11.8 Å². The van der Waals surface area contributed by atoms with Crippen molar-refractivity contribution in [3.63, 3.8) is 0 Å². The lowest BCUT2D eigenvalue weighted by Crippen LogP contribution is -2.41. The van der Waals surface area contributed by atoms with Crippen molar-refractivity contribution in [3.8, 4) is 0 Å². The monoisotopic (exact) mass is 370 g/mol. The first kappa shape index (κ1) is 19.0. The maximum Gasteiger partial charge on any atom is 0.495 e. The molecule has 1 aromatic carbocycles. The van der Waals surface area contributed by atoms with Crippen LogP contribution in [-0.4, -0.2) is 29.2 Å². The number of rotatable bonds is 5. The molecule has 26 heavy (non-hydrogen) atoms. The molecule has 0 saturated carbocycles. The number of hydrogen-bond acceptors (Lipinski definition) is 5. The van der Waals surface area contributed by atoms with E-state index in [9.17, 15) is 4.79 Å². The SMILES string of the molecule is CC1(C)OB(c2ccccc2CSc2ncccc2C(N)=O)OC1(C)C. The van der Waals surface area contributed by atoms with Crippen molar-refractivity contribution in [2.75, 3.05) is 0 Å². The van der Waals surface area contributed by atoms with Gasteiger partial charge in [-0.2, -0.15) is 0 Å². The number of nitrogens with zero attached hydrogens (tertiary/aromatic N) is 1. The summed E-state index contributed by atoms with van der Waals surface area (Å²) in [6.07, 6.45) is 1.66. The van der Waals surface area contributed by atoms with Crippen LogP contribution in [0.3, 0.4) is 0 Å². The molecule has 2 N–H and O–H groups in total. The van der Waals surface area contributed by atoms with Crippen molar-refractivity contribution in [2.45, 2.75) is 49.7 Å². The summed E-state index contributed by atoms with van der Waals surface area (Å²) in [5.41, 5.74) is 7.17. The summed E-state index contributed by atoms with van der Waals surface area (Å²) in [6, 6.07) is 11.4. The Morgan fingerprint density at radius 1 is 1.12 bits per heavy atom. The number of amides is 1. The van der Waals surface area contributed by atoms with Crippen LogP contribution in [0.5, 0.6) is 0 Å². The highest BCUT2D eigenvalue weighted by atomic mass is 32.2. The molecule has 0 atom stereocenters. The number of thioether (sulfide) groups is 1. The van der Waals surface area contributed by atoms with Crippen LogP contribution in [0.25, 0.3) is 0 Å². The Morgan fingerprint density at radius 3 is 2.42 bits per heavy atom. The van der Waals surface area contributed by atoms with Gasteiger partial charge < -0.3 is 15.0 Å². The molecule has 5 nitrogen and oxygen atoms in total. The van der Waals surface area contributed by atoms with E-state index < -0.39 is 24.2 Å². The van der Waals surface area contributed by atoms with E-state index in [-0.39, 0.29) is 0 Å². The van der Waals surface area contributed by atoms with Crippen molar-refractivity contribution in [1.29, 1.82) is 0 Å². The van der Waals surface area contributed by atoms with E-state index in [1.54, 1.807) is 18.3 Å². The zero-order valence-corrected chi connectivity index (χ0v) is 16.3. The molecule has 1 saturated heterocycles. The summed E-state index contributed by atoms with van der Waals surface area (Å²) in [5.74, 6) is 0.164. The molecule has 1 aliphatic rings. The van der Waals surface area contributed by atoms with Crippen molar-refractivity contribution in [3.05, 3.63) is 53.7 Å². The van der Waals surface area contributed by atoms with Crippen molar-refractivity contribution in [2.24, 2.45) is 5.73 Å². The van der Waals surface area contributed by atoms with E-state index in [0.29, 0.717) is 16.3 Å². The molecular formula is C19H23BN2O3S. The molecule has 0 bridgehead atoms. The molecule has 0 radical (unpaired) electrons. The fraction of sp³-hybridized carbons (Fsp3) is 0.368. The molecule has 1 aliphatic heterocycles. The van der Waals surface area contributed by atoms with Crippen LogP contribution >= 0.6 is 11.8 Å². The van der Waals surface area contributed by atoms with Gasteiger partial charge in [0.05, 0.1) is 16.8 Å². The summed E-state index contributed by atoms with van der Waals surface area (Å²) >= 11 is 1.48. The van der Waals surface area contributed by atoms with Crippen LogP contribution in [0, 0.1) is 0 Å². The average molecular weight is 370 g/mol.